The minimum Gasteiger partial charge on any atom is -0.480 e. The van der Waals surface area contributed by atoms with E-state index >= 15 is 0 Å². The topological polar surface area (TPSA) is 77.9 Å². The van der Waals surface area contributed by atoms with E-state index < -0.39 is 5.97 Å². The largest absolute Gasteiger partial charge is 0.480 e. The number of nitrogens with zero attached hydrogens (tertiary/aromatic N) is 2. The number of likely N-dealkylation sites (tertiary alicyclic amines) is 1. The zero-order chi connectivity index (χ0) is 20.0. The van der Waals surface area contributed by atoms with Crippen molar-refractivity contribution in [3.05, 3.63) is 35.6 Å². The fraction of sp³-hybridized carbons (Fsp3) is 0.550. The molecule has 1 heterocycles. The van der Waals surface area contributed by atoms with Crippen molar-refractivity contribution in [2.24, 2.45) is 0 Å². The summed E-state index contributed by atoms with van der Waals surface area (Å²) in [5, 5.41) is 9.01. The lowest BCUT2D eigenvalue weighted by Gasteiger charge is -2.29. The maximum atomic E-state index is 13.9. The first kappa shape index (κ1) is 20.9. The molecule has 6 nitrogen and oxygen atoms in total. The molecular formula is C20H27FN2O4. The van der Waals surface area contributed by atoms with E-state index in [9.17, 15) is 18.8 Å². The Hall–Kier alpha value is -2.44. The fourth-order valence-corrected chi connectivity index (χ4v) is 3.66. The quantitative estimate of drug-likeness (QED) is 0.825. The average molecular weight is 378 g/mol. The third-order valence-corrected chi connectivity index (χ3v) is 5.12. The summed E-state index contributed by atoms with van der Waals surface area (Å²) < 4.78 is 13.9. The lowest BCUT2D eigenvalue weighted by atomic mass is 9.96. The highest BCUT2D eigenvalue weighted by molar-refractivity contribution is 5.80. The van der Waals surface area contributed by atoms with Crippen LogP contribution >= 0.6 is 0 Å². The van der Waals surface area contributed by atoms with Gasteiger partial charge in [0.2, 0.25) is 11.8 Å². The second-order valence-corrected chi connectivity index (χ2v) is 7.13. The molecule has 1 aromatic carbocycles. The van der Waals surface area contributed by atoms with Gasteiger partial charge in [0.1, 0.15) is 12.4 Å². The van der Waals surface area contributed by atoms with Gasteiger partial charge in [-0.1, -0.05) is 25.1 Å². The van der Waals surface area contributed by atoms with Gasteiger partial charge in [0.15, 0.2) is 0 Å². The highest BCUT2D eigenvalue weighted by atomic mass is 19.1. The summed E-state index contributed by atoms with van der Waals surface area (Å²) in [5.41, 5.74) is 0.530. The summed E-state index contributed by atoms with van der Waals surface area (Å²) in [6.45, 7) is 3.92. The highest BCUT2D eigenvalue weighted by Crippen LogP contribution is 2.24. The van der Waals surface area contributed by atoms with E-state index in [1.807, 2.05) is 6.92 Å². The molecule has 0 aliphatic carbocycles. The molecule has 1 aliphatic rings. The summed E-state index contributed by atoms with van der Waals surface area (Å²) in [7, 11) is 0. The van der Waals surface area contributed by atoms with Crippen LogP contribution in [0.15, 0.2) is 24.3 Å². The van der Waals surface area contributed by atoms with Crippen LogP contribution in [-0.2, 0) is 14.4 Å². The Kier molecular flexibility index (Phi) is 7.33. The number of halogens is 1. The third-order valence-electron chi connectivity index (χ3n) is 5.12. The van der Waals surface area contributed by atoms with Gasteiger partial charge in [-0.3, -0.25) is 14.4 Å². The number of aliphatic carboxylic acids is 1. The Balaban J connectivity index is 1.96. The number of hydrogen-bond acceptors (Lipinski definition) is 3. The van der Waals surface area contributed by atoms with Gasteiger partial charge in [-0.05, 0) is 36.8 Å². The zero-order valence-corrected chi connectivity index (χ0v) is 15.9. The van der Waals surface area contributed by atoms with Crippen LogP contribution in [0.4, 0.5) is 4.39 Å². The van der Waals surface area contributed by atoms with Crippen molar-refractivity contribution < 1.29 is 23.9 Å². The number of carboxylic acid groups (broad SMARTS) is 1. The number of amides is 2. The SMILES string of the molecule is CC(=O)N(CC(=O)O)[C@H]1CCCN(C(=O)C[C@H](C)c2ccccc2F)CC1. The smallest absolute Gasteiger partial charge is 0.323 e. The molecule has 1 aliphatic heterocycles. The van der Waals surface area contributed by atoms with E-state index in [0.717, 1.165) is 0 Å². The van der Waals surface area contributed by atoms with Crippen molar-refractivity contribution >= 4 is 17.8 Å². The molecule has 1 aromatic rings. The van der Waals surface area contributed by atoms with E-state index in [2.05, 4.69) is 0 Å². The molecule has 2 atom stereocenters. The molecule has 148 valence electrons. The summed E-state index contributed by atoms with van der Waals surface area (Å²) in [4.78, 5) is 38.6. The molecule has 7 heteroatoms. The Bertz CT molecular complexity index is 694. The fourth-order valence-electron chi connectivity index (χ4n) is 3.66. The number of carbonyl (C=O) groups is 3. The van der Waals surface area contributed by atoms with E-state index in [4.69, 9.17) is 5.11 Å². The third kappa shape index (κ3) is 5.77. The molecule has 0 radical (unpaired) electrons. The number of rotatable bonds is 6. The number of hydrogen-bond donors (Lipinski definition) is 1. The second kappa shape index (κ2) is 9.48. The summed E-state index contributed by atoms with van der Waals surface area (Å²) >= 11 is 0. The first-order valence-corrected chi connectivity index (χ1v) is 9.30. The van der Waals surface area contributed by atoms with Gasteiger partial charge < -0.3 is 14.9 Å². The first-order chi connectivity index (χ1) is 12.8. The lowest BCUT2D eigenvalue weighted by molar-refractivity contribution is -0.145. The minimum atomic E-state index is -1.04. The normalized spacial score (nSPS) is 18.5. The van der Waals surface area contributed by atoms with Crippen LogP contribution in [0.2, 0.25) is 0 Å². The van der Waals surface area contributed by atoms with E-state index in [0.29, 0.717) is 37.9 Å². The van der Waals surface area contributed by atoms with Crippen LogP contribution in [0.25, 0.3) is 0 Å². The molecule has 1 fully saturated rings. The van der Waals surface area contributed by atoms with Crippen LogP contribution < -0.4 is 0 Å². The van der Waals surface area contributed by atoms with Gasteiger partial charge in [-0.25, -0.2) is 4.39 Å². The van der Waals surface area contributed by atoms with Crippen LogP contribution in [0, 0.1) is 5.82 Å². The number of carboxylic acids is 1. The predicted octanol–water partition coefficient (Wildman–Crippen LogP) is 2.63. The molecule has 0 saturated carbocycles. The highest BCUT2D eigenvalue weighted by Gasteiger charge is 2.28. The zero-order valence-electron chi connectivity index (χ0n) is 15.9. The lowest BCUT2D eigenvalue weighted by Crippen LogP contribution is -2.43. The van der Waals surface area contributed by atoms with Gasteiger partial charge >= 0.3 is 5.97 Å². The van der Waals surface area contributed by atoms with Gasteiger partial charge in [-0.15, -0.1) is 0 Å². The Morgan fingerprint density at radius 1 is 1.26 bits per heavy atom. The van der Waals surface area contributed by atoms with E-state index in [1.54, 1.807) is 23.1 Å². The Morgan fingerprint density at radius 3 is 2.59 bits per heavy atom. The van der Waals surface area contributed by atoms with Crippen molar-refractivity contribution in [3.8, 4) is 0 Å². The second-order valence-electron chi connectivity index (χ2n) is 7.13. The van der Waals surface area contributed by atoms with Crippen LogP contribution in [0.3, 0.4) is 0 Å². The predicted molar refractivity (Wildman–Crippen MR) is 98.7 cm³/mol. The van der Waals surface area contributed by atoms with Gasteiger partial charge in [-0.2, -0.15) is 0 Å². The van der Waals surface area contributed by atoms with Gasteiger partial charge in [0, 0.05) is 32.5 Å². The van der Waals surface area contributed by atoms with E-state index in [1.165, 1.54) is 17.9 Å². The van der Waals surface area contributed by atoms with Crippen LogP contribution in [0.1, 0.15) is 51.0 Å². The maximum Gasteiger partial charge on any atom is 0.323 e. The van der Waals surface area contributed by atoms with Gasteiger partial charge in [0.25, 0.3) is 0 Å². The van der Waals surface area contributed by atoms with E-state index in [-0.39, 0.29) is 42.6 Å². The minimum absolute atomic E-state index is 0.0426. The van der Waals surface area contributed by atoms with Crippen LogP contribution in [-0.4, -0.2) is 58.4 Å². The average Bonchev–Trinajstić information content (AvgIpc) is 2.85. The van der Waals surface area contributed by atoms with Gasteiger partial charge in [0.05, 0.1) is 0 Å². The van der Waals surface area contributed by atoms with Crippen molar-refractivity contribution in [2.45, 2.75) is 51.5 Å². The summed E-state index contributed by atoms with van der Waals surface area (Å²) in [6, 6.07) is 6.29. The number of carbonyl (C=O) groups excluding carboxylic acids is 2. The molecule has 0 spiro atoms. The first-order valence-electron chi connectivity index (χ1n) is 9.30. The van der Waals surface area contributed by atoms with Crippen LogP contribution in [0.5, 0.6) is 0 Å². The molecule has 27 heavy (non-hydrogen) atoms. The maximum absolute atomic E-state index is 13.9. The molecule has 0 unspecified atom stereocenters. The Labute approximate surface area is 158 Å². The molecule has 2 rings (SSSR count). The molecule has 1 saturated heterocycles. The molecule has 1 N–H and O–H groups in total. The van der Waals surface area contributed by atoms with Crippen molar-refractivity contribution in [3.63, 3.8) is 0 Å². The van der Waals surface area contributed by atoms with Crippen molar-refractivity contribution in [1.29, 1.82) is 0 Å². The summed E-state index contributed by atoms with van der Waals surface area (Å²) in [5.74, 6) is -1.88. The Morgan fingerprint density at radius 2 is 1.96 bits per heavy atom. The molecule has 0 aromatic heterocycles. The number of benzene rings is 1. The van der Waals surface area contributed by atoms with Crippen molar-refractivity contribution in [2.75, 3.05) is 19.6 Å². The molecule has 2 amide bonds. The summed E-state index contributed by atoms with van der Waals surface area (Å²) in [6.07, 6.45) is 2.14. The van der Waals surface area contributed by atoms with Crippen molar-refractivity contribution in [1.82, 2.24) is 9.80 Å². The standard InChI is InChI=1S/C20H27FN2O4/c1-14(17-7-3-4-8-18(17)21)12-19(25)22-10-5-6-16(9-11-22)23(15(2)24)13-20(26)27/h3-4,7-8,14,16H,5-6,9-13H2,1-2H3,(H,26,27)/t14-,16-/m0/s1. The molecular weight excluding hydrogens is 351 g/mol. The molecule has 0 bridgehead atoms. The monoisotopic (exact) mass is 378 g/mol.